The summed E-state index contributed by atoms with van der Waals surface area (Å²) in [6, 6.07) is 6.91. The topological polar surface area (TPSA) is 69.0 Å². The van der Waals surface area contributed by atoms with Gasteiger partial charge in [-0.3, -0.25) is 9.36 Å². The van der Waals surface area contributed by atoms with Gasteiger partial charge in [0.15, 0.2) is 11.0 Å². The summed E-state index contributed by atoms with van der Waals surface area (Å²) in [7, 11) is 0. The first kappa shape index (κ1) is 20.3. The zero-order valence-electron chi connectivity index (χ0n) is 16.5. The van der Waals surface area contributed by atoms with Crippen LogP contribution in [0.25, 0.3) is 11.4 Å². The van der Waals surface area contributed by atoms with Gasteiger partial charge < -0.3 is 10.1 Å². The fourth-order valence-electron chi connectivity index (χ4n) is 4.08. The third kappa shape index (κ3) is 4.98. The van der Waals surface area contributed by atoms with Gasteiger partial charge in [0, 0.05) is 19.2 Å². The Morgan fingerprint density at radius 2 is 2.00 bits per heavy atom. The lowest BCUT2D eigenvalue weighted by atomic mass is 9.95. The van der Waals surface area contributed by atoms with E-state index in [-0.39, 0.29) is 29.6 Å². The maximum Gasteiger partial charge on any atom is 0.230 e. The summed E-state index contributed by atoms with van der Waals surface area (Å²) in [6.45, 7) is 1.33. The van der Waals surface area contributed by atoms with Crippen LogP contribution in [0.5, 0.6) is 0 Å². The first-order valence-corrected chi connectivity index (χ1v) is 11.4. The highest BCUT2D eigenvalue weighted by molar-refractivity contribution is 7.99. The molecule has 1 aliphatic carbocycles. The third-order valence-electron chi connectivity index (χ3n) is 5.60. The summed E-state index contributed by atoms with van der Waals surface area (Å²) in [4.78, 5) is 12.3. The summed E-state index contributed by atoms with van der Waals surface area (Å²) in [5.74, 6) is 0.464. The molecule has 1 aromatic carbocycles. The van der Waals surface area contributed by atoms with Crippen molar-refractivity contribution < 1.29 is 13.9 Å². The van der Waals surface area contributed by atoms with Crippen LogP contribution in [0.4, 0.5) is 4.39 Å². The van der Waals surface area contributed by atoms with E-state index in [4.69, 9.17) is 4.74 Å². The number of rotatable bonds is 7. The van der Waals surface area contributed by atoms with Crippen LogP contribution in [0.1, 0.15) is 51.0 Å². The van der Waals surface area contributed by atoms with E-state index in [1.54, 1.807) is 12.1 Å². The number of carbonyl (C=O) groups is 1. The highest BCUT2D eigenvalue weighted by atomic mass is 32.2. The summed E-state index contributed by atoms with van der Waals surface area (Å²) < 4.78 is 22.0. The molecule has 2 fully saturated rings. The number of benzene rings is 1. The predicted octanol–water partition coefficient (Wildman–Crippen LogP) is 3.98. The largest absolute Gasteiger partial charge is 0.376 e. The fourth-order valence-corrected chi connectivity index (χ4v) is 4.92. The lowest BCUT2D eigenvalue weighted by Gasteiger charge is -2.25. The van der Waals surface area contributed by atoms with Gasteiger partial charge in [0.05, 0.1) is 17.4 Å². The molecule has 2 aliphatic rings. The third-order valence-corrected chi connectivity index (χ3v) is 6.55. The van der Waals surface area contributed by atoms with Crippen LogP contribution >= 0.6 is 11.8 Å². The molecule has 1 saturated carbocycles. The normalized spacial score (nSPS) is 20.1. The van der Waals surface area contributed by atoms with Gasteiger partial charge in [-0.1, -0.05) is 43.2 Å². The summed E-state index contributed by atoms with van der Waals surface area (Å²) >= 11 is 1.37. The number of hydrogen-bond donors (Lipinski definition) is 1. The Morgan fingerprint density at radius 1 is 1.17 bits per heavy atom. The SMILES string of the molecule is O=C(CSc1nnc(-c2ccccc2F)n1C1CCCCC1)NC[C@@H]1CCCO1. The van der Waals surface area contributed by atoms with E-state index >= 15 is 0 Å². The van der Waals surface area contributed by atoms with Crippen LogP contribution in [0.3, 0.4) is 0 Å². The number of halogens is 1. The first-order valence-electron chi connectivity index (χ1n) is 10.4. The number of aromatic nitrogens is 3. The minimum absolute atomic E-state index is 0.0452. The van der Waals surface area contributed by atoms with Crippen molar-refractivity contribution in [3.8, 4) is 11.4 Å². The molecule has 0 spiro atoms. The molecule has 1 saturated heterocycles. The number of nitrogens with zero attached hydrogens (tertiary/aromatic N) is 3. The maximum absolute atomic E-state index is 14.4. The van der Waals surface area contributed by atoms with E-state index < -0.39 is 0 Å². The van der Waals surface area contributed by atoms with Gasteiger partial charge in [-0.2, -0.15) is 0 Å². The Labute approximate surface area is 174 Å². The van der Waals surface area contributed by atoms with Crippen LogP contribution in [-0.2, 0) is 9.53 Å². The van der Waals surface area contributed by atoms with Crippen molar-refractivity contribution in [1.82, 2.24) is 20.1 Å². The minimum Gasteiger partial charge on any atom is -0.376 e. The molecular formula is C21H27FN4O2S. The Balaban J connectivity index is 1.48. The highest BCUT2D eigenvalue weighted by Crippen LogP contribution is 2.36. The summed E-state index contributed by atoms with van der Waals surface area (Å²) in [5, 5.41) is 12.3. The molecule has 2 aromatic rings. The molecule has 29 heavy (non-hydrogen) atoms. The second-order valence-corrected chi connectivity index (χ2v) is 8.62. The number of thioether (sulfide) groups is 1. The van der Waals surface area contributed by atoms with Gasteiger partial charge in [-0.05, 0) is 37.8 Å². The molecule has 1 aromatic heterocycles. The van der Waals surface area contributed by atoms with Gasteiger partial charge in [0.1, 0.15) is 5.82 Å². The Morgan fingerprint density at radius 3 is 2.76 bits per heavy atom. The summed E-state index contributed by atoms with van der Waals surface area (Å²) in [6.07, 6.45) is 7.74. The van der Waals surface area contributed by atoms with E-state index in [0.717, 1.165) is 45.1 Å². The molecule has 6 nitrogen and oxygen atoms in total. The molecule has 1 aliphatic heterocycles. The van der Waals surface area contributed by atoms with Crippen LogP contribution in [0.15, 0.2) is 29.4 Å². The molecule has 0 radical (unpaired) electrons. The second kappa shape index (κ2) is 9.71. The number of amides is 1. The number of carbonyl (C=O) groups excluding carboxylic acids is 1. The first-order chi connectivity index (χ1) is 14.2. The van der Waals surface area contributed by atoms with Crippen molar-refractivity contribution in [3.05, 3.63) is 30.1 Å². The molecule has 156 valence electrons. The van der Waals surface area contributed by atoms with Crippen molar-refractivity contribution in [2.24, 2.45) is 0 Å². The molecule has 0 unspecified atom stereocenters. The molecule has 0 bridgehead atoms. The lowest BCUT2D eigenvalue weighted by Crippen LogP contribution is -2.33. The molecule has 4 rings (SSSR count). The average molecular weight is 419 g/mol. The van der Waals surface area contributed by atoms with Gasteiger partial charge in [0.2, 0.25) is 5.91 Å². The number of hydrogen-bond acceptors (Lipinski definition) is 5. The van der Waals surface area contributed by atoms with Crippen LogP contribution in [0.2, 0.25) is 0 Å². The van der Waals surface area contributed by atoms with Gasteiger partial charge in [-0.25, -0.2) is 4.39 Å². The Hall–Kier alpha value is -1.93. The van der Waals surface area contributed by atoms with Crippen molar-refractivity contribution in [2.45, 2.75) is 62.2 Å². The van der Waals surface area contributed by atoms with E-state index in [0.29, 0.717) is 23.1 Å². The van der Waals surface area contributed by atoms with Crippen LogP contribution in [-0.4, -0.2) is 45.7 Å². The highest BCUT2D eigenvalue weighted by Gasteiger charge is 2.25. The average Bonchev–Trinajstić information content (AvgIpc) is 3.41. The zero-order chi connectivity index (χ0) is 20.1. The number of nitrogens with one attached hydrogen (secondary N) is 1. The molecule has 8 heteroatoms. The summed E-state index contributed by atoms with van der Waals surface area (Å²) in [5.41, 5.74) is 0.459. The van der Waals surface area contributed by atoms with Gasteiger partial charge in [0.25, 0.3) is 0 Å². The zero-order valence-corrected chi connectivity index (χ0v) is 17.3. The molecule has 2 heterocycles. The smallest absolute Gasteiger partial charge is 0.230 e. The van der Waals surface area contributed by atoms with Crippen LogP contribution in [0, 0.1) is 5.82 Å². The van der Waals surface area contributed by atoms with E-state index in [9.17, 15) is 9.18 Å². The van der Waals surface area contributed by atoms with Gasteiger partial charge >= 0.3 is 0 Å². The van der Waals surface area contributed by atoms with Crippen molar-refractivity contribution >= 4 is 17.7 Å². The molecule has 1 atom stereocenters. The van der Waals surface area contributed by atoms with E-state index in [1.165, 1.54) is 24.2 Å². The Bertz CT molecular complexity index is 832. The second-order valence-electron chi connectivity index (χ2n) is 7.68. The Kier molecular flexibility index (Phi) is 6.82. The monoisotopic (exact) mass is 418 g/mol. The fraction of sp³-hybridized carbons (Fsp3) is 0.571. The quantitative estimate of drug-likeness (QED) is 0.689. The van der Waals surface area contributed by atoms with Crippen molar-refractivity contribution in [2.75, 3.05) is 18.9 Å². The molecule has 1 amide bonds. The van der Waals surface area contributed by atoms with Crippen LogP contribution < -0.4 is 5.32 Å². The van der Waals surface area contributed by atoms with E-state index in [2.05, 4.69) is 20.1 Å². The standard InChI is InChI=1S/C21H27FN4O2S/c22-18-11-5-4-10-17(18)20-24-25-21(26(20)15-7-2-1-3-8-15)29-14-19(27)23-13-16-9-6-12-28-16/h4-5,10-11,15-16H,1-3,6-9,12-14H2,(H,23,27)/t16-/m0/s1. The molecule has 1 N–H and O–H groups in total. The molecular weight excluding hydrogens is 391 g/mol. The van der Waals surface area contributed by atoms with Crippen molar-refractivity contribution in [1.29, 1.82) is 0 Å². The number of ether oxygens (including phenoxy) is 1. The minimum atomic E-state index is -0.303. The van der Waals surface area contributed by atoms with Gasteiger partial charge in [-0.15, -0.1) is 10.2 Å². The lowest BCUT2D eigenvalue weighted by molar-refractivity contribution is -0.119. The maximum atomic E-state index is 14.4. The van der Waals surface area contributed by atoms with Crippen molar-refractivity contribution in [3.63, 3.8) is 0 Å². The predicted molar refractivity (Wildman–Crippen MR) is 110 cm³/mol. The van der Waals surface area contributed by atoms with E-state index in [1.807, 2.05) is 6.07 Å².